The van der Waals surface area contributed by atoms with E-state index >= 15 is 0 Å². The van der Waals surface area contributed by atoms with Crippen molar-refractivity contribution in [1.82, 2.24) is 25.1 Å². The van der Waals surface area contributed by atoms with Crippen molar-refractivity contribution < 1.29 is 18.3 Å². The van der Waals surface area contributed by atoms with Gasteiger partial charge in [0.2, 0.25) is 0 Å². The van der Waals surface area contributed by atoms with Crippen molar-refractivity contribution in [2.75, 3.05) is 37.6 Å². The molecule has 2 aromatic heterocycles. The number of aromatic nitrogens is 4. The number of nitrogens with one attached hydrogen (secondary N) is 1. The number of rotatable bonds is 7. The molecule has 11 heteroatoms. The van der Waals surface area contributed by atoms with Gasteiger partial charge < -0.3 is 19.3 Å². The average Bonchev–Trinajstić information content (AvgIpc) is 3.54. The number of halogens is 3. The molecule has 2 saturated carbocycles. The Morgan fingerprint density at radius 1 is 0.939 bits per heavy atom. The van der Waals surface area contributed by atoms with Gasteiger partial charge in [0.15, 0.2) is 5.75 Å². The molecule has 2 aliphatic heterocycles. The van der Waals surface area contributed by atoms with Crippen molar-refractivity contribution in [1.29, 1.82) is 0 Å². The van der Waals surface area contributed by atoms with Crippen LogP contribution in [0.25, 0.3) is 32.9 Å². The Bertz CT molecular complexity index is 1840. The zero-order valence-corrected chi connectivity index (χ0v) is 29.6. The van der Waals surface area contributed by atoms with Gasteiger partial charge in [-0.2, -0.15) is 15.1 Å². The third kappa shape index (κ3) is 6.32. The number of piperidine rings is 2. The molecule has 1 unspecified atom stereocenters. The highest BCUT2D eigenvalue weighted by Gasteiger charge is 2.48. The number of fused-ring (bicyclic) bond motifs is 2. The Hall–Kier alpha value is -3.24. The van der Waals surface area contributed by atoms with Crippen LogP contribution in [-0.2, 0) is 0 Å². The summed E-state index contributed by atoms with van der Waals surface area (Å²) in [6.45, 7) is 11.3. The zero-order chi connectivity index (χ0) is 33.9. The fraction of sp³-hybridized carbons (Fsp3) is 0.605. The number of ether oxygens (including phenoxy) is 2. The van der Waals surface area contributed by atoms with Gasteiger partial charge in [-0.15, -0.1) is 0 Å². The van der Waals surface area contributed by atoms with Gasteiger partial charge in [0.05, 0.1) is 16.7 Å². The van der Waals surface area contributed by atoms with Gasteiger partial charge >= 0.3 is 6.01 Å². The maximum Gasteiger partial charge on any atom is 0.319 e. The Morgan fingerprint density at radius 3 is 2.43 bits per heavy atom. The van der Waals surface area contributed by atoms with Crippen LogP contribution in [0.5, 0.6) is 11.8 Å². The van der Waals surface area contributed by atoms with Crippen molar-refractivity contribution in [3.8, 4) is 22.9 Å². The van der Waals surface area contributed by atoms with E-state index in [1.54, 1.807) is 6.20 Å². The number of aromatic amines is 1. The molecule has 8 rings (SSSR count). The van der Waals surface area contributed by atoms with E-state index in [1.165, 1.54) is 25.7 Å². The third-order valence-electron chi connectivity index (χ3n) is 11.8. The minimum Gasteiger partial charge on any atom is -0.487 e. The van der Waals surface area contributed by atoms with Crippen molar-refractivity contribution in [3.63, 3.8) is 0 Å². The Kier molecular flexibility index (Phi) is 8.62. The molecule has 0 amide bonds. The highest BCUT2D eigenvalue weighted by molar-refractivity contribution is 6.35. The molecule has 4 fully saturated rings. The first-order valence-electron chi connectivity index (χ1n) is 18.3. The van der Waals surface area contributed by atoms with E-state index in [1.807, 2.05) is 25.1 Å². The fourth-order valence-corrected chi connectivity index (χ4v) is 9.32. The lowest BCUT2D eigenvalue weighted by Gasteiger charge is -2.46. The minimum atomic E-state index is -2.75. The van der Waals surface area contributed by atoms with Gasteiger partial charge in [-0.1, -0.05) is 44.4 Å². The van der Waals surface area contributed by atoms with E-state index in [9.17, 15) is 8.78 Å². The Labute approximate surface area is 291 Å². The largest absolute Gasteiger partial charge is 0.487 e. The first kappa shape index (κ1) is 32.9. The molecule has 2 aliphatic carbocycles. The maximum absolute atomic E-state index is 14.2. The highest BCUT2D eigenvalue weighted by atomic mass is 35.5. The first-order chi connectivity index (χ1) is 23.6. The van der Waals surface area contributed by atoms with Gasteiger partial charge in [0.25, 0.3) is 5.92 Å². The molecule has 8 nitrogen and oxygen atoms in total. The lowest BCUT2D eigenvalue weighted by Crippen LogP contribution is -2.43. The van der Waals surface area contributed by atoms with Gasteiger partial charge in [0, 0.05) is 60.9 Å². The minimum absolute atomic E-state index is 0.00941. The maximum atomic E-state index is 14.2. The van der Waals surface area contributed by atoms with Crippen LogP contribution in [-0.4, -0.2) is 75.9 Å². The molecule has 0 bridgehead atoms. The monoisotopic (exact) mass is 692 g/mol. The van der Waals surface area contributed by atoms with E-state index in [-0.39, 0.29) is 18.9 Å². The van der Waals surface area contributed by atoms with Crippen molar-refractivity contribution in [2.24, 2.45) is 11.3 Å². The van der Waals surface area contributed by atoms with Crippen molar-refractivity contribution >= 4 is 39.2 Å². The summed E-state index contributed by atoms with van der Waals surface area (Å²) < 4.78 is 41.6. The molecular weight excluding hydrogens is 646 g/mol. The molecule has 0 radical (unpaired) electrons. The third-order valence-corrected chi connectivity index (χ3v) is 12.1. The molecule has 2 saturated heterocycles. The number of hydrogen-bond acceptors (Lipinski definition) is 7. The SMILES string of the molecule is CCN1CCC(Oc2nc(N3CCC4(CCCC(C)C4)CC3)c3cc(Cl)c(-c4c(C)ccc5[nH]ncc45)c(OC4CC(F)(F)C4)c3n2)CC1. The number of nitrogens with zero attached hydrogens (tertiary/aromatic N) is 5. The molecule has 1 N–H and O–H groups in total. The van der Waals surface area contributed by atoms with Gasteiger partial charge in [-0.3, -0.25) is 5.10 Å². The predicted octanol–water partition coefficient (Wildman–Crippen LogP) is 8.97. The second kappa shape index (κ2) is 12.8. The average molecular weight is 693 g/mol. The van der Waals surface area contributed by atoms with Gasteiger partial charge in [-0.25, -0.2) is 8.78 Å². The summed E-state index contributed by atoms with van der Waals surface area (Å²) >= 11 is 7.28. The molecule has 2 aromatic carbocycles. The molecule has 49 heavy (non-hydrogen) atoms. The lowest BCUT2D eigenvalue weighted by molar-refractivity contribution is -0.134. The molecule has 4 aliphatic rings. The number of H-pyrrole nitrogens is 1. The Morgan fingerprint density at radius 2 is 1.71 bits per heavy atom. The van der Waals surface area contributed by atoms with E-state index in [2.05, 4.69) is 33.8 Å². The van der Waals surface area contributed by atoms with E-state index in [0.29, 0.717) is 33.3 Å². The van der Waals surface area contributed by atoms with Gasteiger partial charge in [-0.05, 0) is 81.0 Å². The zero-order valence-electron chi connectivity index (χ0n) is 28.8. The summed E-state index contributed by atoms with van der Waals surface area (Å²) in [7, 11) is 0. The van der Waals surface area contributed by atoms with E-state index < -0.39 is 12.0 Å². The van der Waals surface area contributed by atoms with Crippen LogP contribution >= 0.6 is 11.6 Å². The fourth-order valence-electron chi connectivity index (χ4n) is 9.03. The van der Waals surface area contributed by atoms with Crippen LogP contribution in [0.3, 0.4) is 0 Å². The number of hydrogen-bond donors (Lipinski definition) is 1. The topological polar surface area (TPSA) is 79.4 Å². The predicted molar refractivity (Wildman–Crippen MR) is 190 cm³/mol. The van der Waals surface area contributed by atoms with Crippen LogP contribution in [0.1, 0.15) is 83.6 Å². The Balaban J connectivity index is 1.27. The number of aryl methyl sites for hydroxylation is 1. The summed E-state index contributed by atoms with van der Waals surface area (Å²) in [4.78, 5) is 15.0. The van der Waals surface area contributed by atoms with Crippen LogP contribution in [0.15, 0.2) is 24.4 Å². The van der Waals surface area contributed by atoms with Gasteiger partial charge in [0.1, 0.15) is 23.5 Å². The molecule has 4 heterocycles. The van der Waals surface area contributed by atoms with Crippen LogP contribution in [0, 0.1) is 18.3 Å². The molecule has 4 aromatic rings. The van der Waals surface area contributed by atoms with Crippen molar-refractivity contribution in [2.45, 2.75) is 103 Å². The highest BCUT2D eigenvalue weighted by Crippen LogP contribution is 2.51. The van der Waals surface area contributed by atoms with E-state index in [4.69, 9.17) is 31.0 Å². The number of likely N-dealkylation sites (tertiary alicyclic amines) is 1. The summed E-state index contributed by atoms with van der Waals surface area (Å²) in [5.41, 5.74) is 4.24. The second-order valence-corrected chi connectivity index (χ2v) is 15.7. The van der Waals surface area contributed by atoms with Crippen LogP contribution in [0.4, 0.5) is 14.6 Å². The number of anilines is 1. The van der Waals surface area contributed by atoms with Crippen LogP contribution < -0.4 is 14.4 Å². The summed E-state index contributed by atoms with van der Waals surface area (Å²) in [5, 5.41) is 9.46. The van der Waals surface area contributed by atoms with E-state index in [0.717, 1.165) is 97.6 Å². The molecule has 1 atom stereocenters. The summed E-state index contributed by atoms with van der Waals surface area (Å²) in [6, 6.07) is 6.24. The number of benzene rings is 2. The molecule has 1 spiro atoms. The second-order valence-electron chi connectivity index (χ2n) is 15.3. The normalized spacial score (nSPS) is 23.3. The number of alkyl halides is 2. The summed E-state index contributed by atoms with van der Waals surface area (Å²) in [5.74, 6) is -0.802. The quantitative estimate of drug-likeness (QED) is 0.207. The molecular formula is C38H47ClF2N6O2. The lowest BCUT2D eigenvalue weighted by atomic mass is 9.65. The van der Waals surface area contributed by atoms with Crippen molar-refractivity contribution in [3.05, 3.63) is 35.0 Å². The smallest absolute Gasteiger partial charge is 0.319 e. The molecule has 262 valence electrons. The standard InChI is InChI=1S/C38H47ClF2N6O2/c1-4-46-14-9-25(10-15-46)49-36-43-33-27(35(44-36)47-16-12-37(13-17-47)11-5-6-23(2)19-37)18-29(39)32(34(33)48-26-20-38(40,41)21-26)31-24(3)7-8-30-28(31)22-42-45-30/h7-8,18,22-23,25-26H,4-6,9-17,19-21H2,1-3H3,(H,42,45). The van der Waals surface area contributed by atoms with Crippen LogP contribution in [0.2, 0.25) is 5.02 Å². The first-order valence-corrected chi connectivity index (χ1v) is 18.6. The summed E-state index contributed by atoms with van der Waals surface area (Å²) in [6.07, 6.45) is 9.62.